The molecule has 0 aliphatic carbocycles. The van der Waals surface area contributed by atoms with Gasteiger partial charge < -0.3 is 15.4 Å². The molecular weight excluding hydrogens is 374 g/mol. The topological polar surface area (TPSA) is 101 Å². The van der Waals surface area contributed by atoms with Crippen molar-refractivity contribution in [2.75, 3.05) is 6.54 Å². The van der Waals surface area contributed by atoms with E-state index in [0.717, 1.165) is 28.1 Å². The van der Waals surface area contributed by atoms with Gasteiger partial charge in [0.2, 0.25) is 0 Å². The van der Waals surface area contributed by atoms with E-state index in [9.17, 15) is 10.4 Å². The van der Waals surface area contributed by atoms with E-state index in [4.69, 9.17) is 5.73 Å². The van der Waals surface area contributed by atoms with Gasteiger partial charge in [0.05, 0.1) is 41.6 Å². The standard InChI is InChI=1S/C24H21N5O/c25-11-17-6-8-21(22-9-7-19(13-28-22)24(30)12-26)20(10-17)15-29-16-27-14-23(29)18-4-2-1-3-5-18/h1-10,13-14,16,24,30H,12,15,26H2/t24-/m0/s1. The summed E-state index contributed by atoms with van der Waals surface area (Å²) in [5, 5.41) is 19.3. The van der Waals surface area contributed by atoms with Gasteiger partial charge in [-0.15, -0.1) is 0 Å². The van der Waals surface area contributed by atoms with Crippen LogP contribution in [0.15, 0.2) is 79.4 Å². The van der Waals surface area contributed by atoms with Gasteiger partial charge in [0, 0.05) is 30.4 Å². The fourth-order valence-electron chi connectivity index (χ4n) is 3.42. The van der Waals surface area contributed by atoms with Gasteiger partial charge in [0.1, 0.15) is 0 Å². The Bertz CT molecular complexity index is 1180. The molecule has 0 saturated carbocycles. The van der Waals surface area contributed by atoms with Crippen molar-refractivity contribution in [3.05, 3.63) is 96.1 Å². The molecule has 0 aliphatic rings. The lowest BCUT2D eigenvalue weighted by molar-refractivity contribution is 0.186. The summed E-state index contributed by atoms with van der Waals surface area (Å²) in [4.78, 5) is 8.84. The molecule has 30 heavy (non-hydrogen) atoms. The second kappa shape index (κ2) is 8.70. The number of hydrogen-bond acceptors (Lipinski definition) is 5. The Balaban J connectivity index is 1.73. The third-order valence-corrected chi connectivity index (χ3v) is 5.03. The lowest BCUT2D eigenvalue weighted by atomic mass is 10.00. The molecule has 0 fully saturated rings. The van der Waals surface area contributed by atoms with Crippen molar-refractivity contribution in [3.8, 4) is 28.6 Å². The first kappa shape index (κ1) is 19.5. The maximum atomic E-state index is 9.91. The van der Waals surface area contributed by atoms with Crippen LogP contribution in [-0.4, -0.2) is 26.2 Å². The summed E-state index contributed by atoms with van der Waals surface area (Å²) in [7, 11) is 0. The summed E-state index contributed by atoms with van der Waals surface area (Å²) in [6, 6.07) is 21.5. The number of aliphatic hydroxyl groups excluding tert-OH is 1. The molecule has 148 valence electrons. The Hall–Kier alpha value is -3.79. The summed E-state index contributed by atoms with van der Waals surface area (Å²) in [6.45, 7) is 0.690. The number of nitriles is 1. The predicted octanol–water partition coefficient (Wildman–Crippen LogP) is 3.52. The van der Waals surface area contributed by atoms with E-state index < -0.39 is 6.10 Å². The molecule has 0 radical (unpaired) electrons. The molecule has 0 amide bonds. The Kier molecular flexibility index (Phi) is 5.66. The Morgan fingerprint density at radius 1 is 1.07 bits per heavy atom. The van der Waals surface area contributed by atoms with Gasteiger partial charge >= 0.3 is 0 Å². The molecule has 4 aromatic rings. The first-order valence-electron chi connectivity index (χ1n) is 9.62. The molecule has 2 aromatic heterocycles. The fraction of sp³-hybridized carbons (Fsp3) is 0.125. The number of aromatic nitrogens is 3. The number of rotatable bonds is 6. The molecule has 1 atom stereocenters. The van der Waals surface area contributed by atoms with Crippen molar-refractivity contribution in [2.45, 2.75) is 12.6 Å². The van der Waals surface area contributed by atoms with Crippen molar-refractivity contribution in [1.82, 2.24) is 14.5 Å². The van der Waals surface area contributed by atoms with Gasteiger partial charge in [0.25, 0.3) is 0 Å². The number of nitrogens with two attached hydrogens (primary N) is 1. The van der Waals surface area contributed by atoms with E-state index in [-0.39, 0.29) is 6.54 Å². The lowest BCUT2D eigenvalue weighted by Crippen LogP contribution is -2.11. The third-order valence-electron chi connectivity index (χ3n) is 5.03. The van der Waals surface area contributed by atoms with Crippen molar-refractivity contribution >= 4 is 0 Å². The lowest BCUT2D eigenvalue weighted by Gasteiger charge is -2.14. The molecule has 0 unspecified atom stereocenters. The quantitative estimate of drug-likeness (QED) is 0.520. The van der Waals surface area contributed by atoms with E-state index >= 15 is 0 Å². The van der Waals surface area contributed by atoms with Crippen molar-refractivity contribution < 1.29 is 5.11 Å². The zero-order chi connectivity index (χ0) is 20.9. The van der Waals surface area contributed by atoms with E-state index in [1.165, 1.54) is 0 Å². The van der Waals surface area contributed by atoms with E-state index in [0.29, 0.717) is 17.7 Å². The maximum absolute atomic E-state index is 9.91. The van der Waals surface area contributed by atoms with Crippen LogP contribution in [0.1, 0.15) is 22.8 Å². The molecule has 6 nitrogen and oxygen atoms in total. The molecule has 0 aliphatic heterocycles. The summed E-state index contributed by atoms with van der Waals surface area (Å²) >= 11 is 0. The molecule has 0 bridgehead atoms. The van der Waals surface area contributed by atoms with Crippen LogP contribution >= 0.6 is 0 Å². The van der Waals surface area contributed by atoms with Crippen LogP contribution in [0.3, 0.4) is 0 Å². The number of nitrogens with zero attached hydrogens (tertiary/aromatic N) is 4. The number of pyridine rings is 1. The maximum Gasteiger partial charge on any atom is 0.0991 e. The predicted molar refractivity (Wildman–Crippen MR) is 115 cm³/mol. The smallest absolute Gasteiger partial charge is 0.0991 e. The average Bonchev–Trinajstić information content (AvgIpc) is 3.27. The van der Waals surface area contributed by atoms with Gasteiger partial charge in [-0.25, -0.2) is 4.98 Å². The molecule has 2 aromatic carbocycles. The third kappa shape index (κ3) is 3.98. The molecule has 3 N–H and O–H groups in total. The minimum atomic E-state index is -0.730. The average molecular weight is 395 g/mol. The molecular formula is C24H21N5O. The highest BCUT2D eigenvalue weighted by molar-refractivity contribution is 5.66. The van der Waals surface area contributed by atoms with Crippen LogP contribution in [-0.2, 0) is 6.54 Å². The van der Waals surface area contributed by atoms with Gasteiger partial charge in [-0.05, 0) is 29.3 Å². The molecule has 2 heterocycles. The van der Waals surface area contributed by atoms with Crippen LogP contribution < -0.4 is 5.73 Å². The first-order chi connectivity index (χ1) is 14.7. The summed E-state index contributed by atoms with van der Waals surface area (Å²) < 4.78 is 2.06. The number of aliphatic hydroxyl groups is 1. The monoisotopic (exact) mass is 395 g/mol. The van der Waals surface area contributed by atoms with Crippen molar-refractivity contribution in [2.24, 2.45) is 5.73 Å². The van der Waals surface area contributed by atoms with E-state index in [1.54, 1.807) is 18.6 Å². The molecule has 0 spiro atoms. The van der Waals surface area contributed by atoms with Gasteiger partial charge in [-0.1, -0.05) is 42.5 Å². The van der Waals surface area contributed by atoms with E-state index in [2.05, 4.69) is 20.6 Å². The minimum absolute atomic E-state index is 0.145. The molecule has 0 saturated heterocycles. The Morgan fingerprint density at radius 3 is 2.60 bits per heavy atom. The van der Waals surface area contributed by atoms with Crippen molar-refractivity contribution in [1.29, 1.82) is 5.26 Å². The van der Waals surface area contributed by atoms with Crippen LogP contribution in [0.5, 0.6) is 0 Å². The summed E-state index contributed by atoms with van der Waals surface area (Å²) in [6.07, 6.45) is 4.54. The van der Waals surface area contributed by atoms with Crippen molar-refractivity contribution in [3.63, 3.8) is 0 Å². The Labute approximate surface area is 174 Å². The highest BCUT2D eigenvalue weighted by Gasteiger charge is 2.13. The second-order valence-electron chi connectivity index (χ2n) is 6.98. The van der Waals surface area contributed by atoms with Gasteiger partial charge in [-0.3, -0.25) is 4.98 Å². The first-order valence-corrected chi connectivity index (χ1v) is 9.62. The van der Waals surface area contributed by atoms with E-state index in [1.807, 2.05) is 60.8 Å². The summed E-state index contributed by atoms with van der Waals surface area (Å²) in [5.41, 5.74) is 11.5. The zero-order valence-corrected chi connectivity index (χ0v) is 16.3. The second-order valence-corrected chi connectivity index (χ2v) is 6.98. The number of benzene rings is 2. The van der Waals surface area contributed by atoms with Crippen LogP contribution in [0.4, 0.5) is 0 Å². The van der Waals surface area contributed by atoms with Gasteiger partial charge in [0.15, 0.2) is 0 Å². The summed E-state index contributed by atoms with van der Waals surface area (Å²) in [5.74, 6) is 0. The molecule has 4 rings (SSSR count). The molecule has 6 heteroatoms. The SMILES string of the molecule is N#Cc1ccc(-c2ccc([C@@H](O)CN)cn2)c(Cn2cncc2-c2ccccc2)c1. The zero-order valence-electron chi connectivity index (χ0n) is 16.3. The number of hydrogen-bond donors (Lipinski definition) is 2. The Morgan fingerprint density at radius 2 is 1.90 bits per heavy atom. The normalized spacial score (nSPS) is 11.8. The largest absolute Gasteiger partial charge is 0.387 e. The highest BCUT2D eigenvalue weighted by Crippen LogP contribution is 2.27. The number of imidazole rings is 1. The van der Waals surface area contributed by atoms with Gasteiger partial charge in [-0.2, -0.15) is 5.26 Å². The highest BCUT2D eigenvalue weighted by atomic mass is 16.3. The van der Waals surface area contributed by atoms with Crippen LogP contribution in [0.2, 0.25) is 0 Å². The van der Waals surface area contributed by atoms with Crippen LogP contribution in [0, 0.1) is 11.3 Å². The minimum Gasteiger partial charge on any atom is -0.387 e. The van der Waals surface area contributed by atoms with Crippen LogP contribution in [0.25, 0.3) is 22.5 Å². The fourth-order valence-corrected chi connectivity index (χ4v) is 3.42.